The summed E-state index contributed by atoms with van der Waals surface area (Å²) in [6.07, 6.45) is 6.03. The molecule has 1 aliphatic carbocycles. The summed E-state index contributed by atoms with van der Waals surface area (Å²) in [6, 6.07) is 12.1. The molecule has 0 fully saturated rings. The predicted molar refractivity (Wildman–Crippen MR) is 104 cm³/mol. The summed E-state index contributed by atoms with van der Waals surface area (Å²) in [5, 5.41) is 6.97. The lowest BCUT2D eigenvalue weighted by atomic mass is 9.90. The summed E-state index contributed by atoms with van der Waals surface area (Å²) in [5.41, 5.74) is 4.27. The Morgan fingerprint density at radius 3 is 2.79 bits per heavy atom. The van der Waals surface area contributed by atoms with Crippen LogP contribution < -0.4 is 5.32 Å². The van der Waals surface area contributed by atoms with Crippen LogP contribution in [-0.2, 0) is 24.1 Å². The molecule has 1 heterocycles. The molecule has 0 atom stereocenters. The van der Waals surface area contributed by atoms with Gasteiger partial charge in [0.1, 0.15) is 5.82 Å². The fraction of sp³-hybridized carbons (Fsp3) is 0.318. The van der Waals surface area contributed by atoms with Gasteiger partial charge >= 0.3 is 0 Å². The largest absolute Gasteiger partial charge is 0.339 e. The number of fused-ring (bicyclic) bond motifs is 1. The van der Waals surface area contributed by atoms with Crippen molar-refractivity contribution in [2.45, 2.75) is 44.9 Å². The molecule has 0 saturated carbocycles. The third-order valence-corrected chi connectivity index (χ3v) is 5.04. The second kappa shape index (κ2) is 8.33. The van der Waals surface area contributed by atoms with Crippen LogP contribution in [0.2, 0.25) is 0 Å². The van der Waals surface area contributed by atoms with Crippen molar-refractivity contribution in [1.82, 2.24) is 10.1 Å². The van der Waals surface area contributed by atoms with Crippen LogP contribution in [0.5, 0.6) is 0 Å². The molecule has 0 spiro atoms. The molecule has 1 amide bonds. The lowest BCUT2D eigenvalue weighted by Crippen LogP contribution is -2.15. The molecule has 144 valence electrons. The van der Waals surface area contributed by atoms with E-state index in [1.165, 1.54) is 36.1 Å². The van der Waals surface area contributed by atoms with Gasteiger partial charge in [-0.25, -0.2) is 4.39 Å². The van der Waals surface area contributed by atoms with Gasteiger partial charge in [0.15, 0.2) is 0 Å². The van der Waals surface area contributed by atoms with E-state index in [1.807, 2.05) is 12.1 Å². The smallest absolute Gasteiger partial charge is 0.226 e. The van der Waals surface area contributed by atoms with Gasteiger partial charge in [-0.2, -0.15) is 4.98 Å². The zero-order valence-electron chi connectivity index (χ0n) is 15.6. The van der Waals surface area contributed by atoms with Crippen molar-refractivity contribution in [3.8, 4) is 11.4 Å². The number of rotatable bonds is 6. The first kappa shape index (κ1) is 18.3. The molecular weight excluding hydrogens is 357 g/mol. The van der Waals surface area contributed by atoms with E-state index in [4.69, 9.17) is 4.52 Å². The Bertz CT molecular complexity index is 966. The Labute approximate surface area is 163 Å². The number of hydrogen-bond acceptors (Lipinski definition) is 4. The molecule has 1 aromatic heterocycles. The van der Waals surface area contributed by atoms with Crippen LogP contribution in [0, 0.1) is 5.82 Å². The maximum Gasteiger partial charge on any atom is 0.226 e. The average molecular weight is 379 g/mol. The number of benzene rings is 2. The van der Waals surface area contributed by atoms with Gasteiger partial charge in [-0.3, -0.25) is 4.79 Å². The normalized spacial score (nSPS) is 13.2. The molecule has 0 aliphatic heterocycles. The van der Waals surface area contributed by atoms with Crippen LogP contribution in [-0.4, -0.2) is 16.0 Å². The molecule has 5 nitrogen and oxygen atoms in total. The zero-order chi connectivity index (χ0) is 19.3. The first-order valence-corrected chi connectivity index (χ1v) is 9.68. The van der Waals surface area contributed by atoms with Crippen molar-refractivity contribution in [3.05, 3.63) is 65.3 Å². The molecule has 0 bridgehead atoms. The fourth-order valence-electron chi connectivity index (χ4n) is 3.58. The van der Waals surface area contributed by atoms with Gasteiger partial charge < -0.3 is 9.84 Å². The number of carbonyl (C=O) groups is 1. The van der Waals surface area contributed by atoms with Crippen molar-refractivity contribution in [2.75, 3.05) is 5.32 Å². The number of carbonyl (C=O) groups excluding carboxylic acids is 1. The monoisotopic (exact) mass is 379 g/mol. The number of nitrogens with one attached hydrogen (secondary N) is 1. The Balaban J connectivity index is 1.30. The minimum absolute atomic E-state index is 0.00255. The standard InChI is InChI=1S/C22H22FN3O2/c23-17-13-11-16(12-14-17)22-25-21(28-26-22)10-4-9-20(27)24-19-8-3-6-15-5-1-2-7-18(15)19/h3,6,8,11-14H,1-2,4-5,7,9-10H2,(H,24,27). The van der Waals surface area contributed by atoms with Crippen LogP contribution in [0.4, 0.5) is 10.1 Å². The Morgan fingerprint density at radius 1 is 1.11 bits per heavy atom. The van der Waals surface area contributed by atoms with Gasteiger partial charge in [-0.05, 0) is 73.6 Å². The lowest BCUT2D eigenvalue weighted by molar-refractivity contribution is -0.116. The molecular formula is C22H22FN3O2. The Morgan fingerprint density at radius 2 is 1.93 bits per heavy atom. The number of aromatic nitrogens is 2. The van der Waals surface area contributed by atoms with Gasteiger partial charge in [0.2, 0.25) is 17.6 Å². The van der Waals surface area contributed by atoms with E-state index < -0.39 is 0 Å². The topological polar surface area (TPSA) is 68.0 Å². The number of halogens is 1. The molecule has 2 aromatic carbocycles. The maximum absolute atomic E-state index is 13.0. The van der Waals surface area contributed by atoms with E-state index in [1.54, 1.807) is 12.1 Å². The first-order chi connectivity index (χ1) is 13.7. The highest BCUT2D eigenvalue weighted by Gasteiger charge is 2.15. The van der Waals surface area contributed by atoms with Crippen LogP contribution >= 0.6 is 0 Å². The molecule has 4 rings (SSSR count). The molecule has 0 saturated heterocycles. The molecule has 28 heavy (non-hydrogen) atoms. The van der Waals surface area contributed by atoms with Crippen molar-refractivity contribution in [3.63, 3.8) is 0 Å². The molecule has 1 aliphatic rings. The van der Waals surface area contributed by atoms with Crippen LogP contribution in [0.3, 0.4) is 0 Å². The second-order valence-corrected chi connectivity index (χ2v) is 7.07. The minimum atomic E-state index is -0.307. The predicted octanol–water partition coefficient (Wildman–Crippen LogP) is 4.72. The average Bonchev–Trinajstić information content (AvgIpc) is 3.18. The van der Waals surface area contributed by atoms with Gasteiger partial charge in [-0.1, -0.05) is 17.3 Å². The van der Waals surface area contributed by atoms with Crippen LogP contribution in [0.1, 0.15) is 42.7 Å². The minimum Gasteiger partial charge on any atom is -0.339 e. The summed E-state index contributed by atoms with van der Waals surface area (Å²) in [6.45, 7) is 0. The Hall–Kier alpha value is -3.02. The van der Waals surface area contributed by atoms with Gasteiger partial charge in [0.25, 0.3) is 0 Å². The maximum atomic E-state index is 13.0. The van der Waals surface area contributed by atoms with E-state index in [9.17, 15) is 9.18 Å². The molecule has 3 aromatic rings. The third-order valence-electron chi connectivity index (χ3n) is 5.04. The fourth-order valence-corrected chi connectivity index (χ4v) is 3.58. The van der Waals surface area contributed by atoms with Gasteiger partial charge in [0, 0.05) is 24.1 Å². The zero-order valence-corrected chi connectivity index (χ0v) is 15.6. The van der Waals surface area contributed by atoms with Crippen molar-refractivity contribution < 1.29 is 13.7 Å². The van der Waals surface area contributed by atoms with Gasteiger partial charge in [-0.15, -0.1) is 0 Å². The number of aryl methyl sites for hydroxylation is 2. The van der Waals surface area contributed by atoms with Crippen LogP contribution in [0.25, 0.3) is 11.4 Å². The molecule has 0 radical (unpaired) electrons. The van der Waals surface area contributed by atoms with Crippen molar-refractivity contribution in [1.29, 1.82) is 0 Å². The summed E-state index contributed by atoms with van der Waals surface area (Å²) < 4.78 is 18.2. The SMILES string of the molecule is O=C(CCCc1nc(-c2ccc(F)cc2)no1)Nc1cccc2c1CCCC2. The van der Waals surface area contributed by atoms with Gasteiger partial charge in [0.05, 0.1) is 0 Å². The number of nitrogens with zero attached hydrogens (tertiary/aromatic N) is 2. The lowest BCUT2D eigenvalue weighted by Gasteiger charge is -2.19. The van der Waals surface area contributed by atoms with E-state index in [0.29, 0.717) is 36.5 Å². The quantitative estimate of drug-likeness (QED) is 0.673. The second-order valence-electron chi connectivity index (χ2n) is 7.07. The summed E-state index contributed by atoms with van der Waals surface area (Å²) in [5.74, 6) is 0.593. The summed E-state index contributed by atoms with van der Waals surface area (Å²) in [4.78, 5) is 16.7. The first-order valence-electron chi connectivity index (χ1n) is 9.68. The highest BCUT2D eigenvalue weighted by atomic mass is 19.1. The Kier molecular flexibility index (Phi) is 5.46. The molecule has 0 unspecified atom stereocenters. The highest BCUT2D eigenvalue weighted by Crippen LogP contribution is 2.28. The van der Waals surface area contributed by atoms with E-state index >= 15 is 0 Å². The van der Waals surface area contributed by atoms with Crippen molar-refractivity contribution >= 4 is 11.6 Å². The van der Waals surface area contributed by atoms with E-state index in [2.05, 4.69) is 21.5 Å². The molecule has 6 heteroatoms. The summed E-state index contributed by atoms with van der Waals surface area (Å²) in [7, 11) is 0. The highest BCUT2D eigenvalue weighted by molar-refractivity contribution is 5.91. The van der Waals surface area contributed by atoms with Crippen LogP contribution in [0.15, 0.2) is 47.0 Å². The van der Waals surface area contributed by atoms with E-state index in [0.717, 1.165) is 18.5 Å². The summed E-state index contributed by atoms with van der Waals surface area (Å²) >= 11 is 0. The number of hydrogen-bond donors (Lipinski definition) is 1. The number of anilines is 1. The number of amides is 1. The van der Waals surface area contributed by atoms with E-state index in [-0.39, 0.29) is 11.7 Å². The molecule has 1 N–H and O–H groups in total. The third kappa shape index (κ3) is 4.27. The van der Waals surface area contributed by atoms with Crippen molar-refractivity contribution in [2.24, 2.45) is 0 Å².